The first-order chi connectivity index (χ1) is 18.7. The Hall–Kier alpha value is -4.04. The standard InChI is InChI=1S/C26H23N5O6S2/c1-18-2-11-23-24(16-18)38-26(28-23)30(27-17-19-3-7-21(8-4-19)31(33)34)25(32)20-5-9-22(10-6-20)39(35,36)29-12-14-37-15-13-29/h2-11,16-17H,12-15H2,1H3/b27-17+. The van der Waals surface area contributed by atoms with Crippen LogP contribution in [0.25, 0.3) is 10.2 Å². The number of hydrazone groups is 1. The lowest BCUT2D eigenvalue weighted by Gasteiger charge is -2.26. The maximum Gasteiger partial charge on any atom is 0.280 e. The fraction of sp³-hybridized carbons (Fsp3) is 0.192. The van der Waals surface area contributed by atoms with Crippen molar-refractivity contribution < 1.29 is 22.9 Å². The average Bonchev–Trinajstić information content (AvgIpc) is 3.36. The summed E-state index contributed by atoms with van der Waals surface area (Å²) in [7, 11) is -3.71. The van der Waals surface area contributed by atoms with E-state index in [1.165, 1.54) is 70.4 Å². The second-order valence-electron chi connectivity index (χ2n) is 8.72. The van der Waals surface area contributed by atoms with Gasteiger partial charge < -0.3 is 4.74 Å². The van der Waals surface area contributed by atoms with Crippen molar-refractivity contribution in [3.05, 3.63) is 93.5 Å². The van der Waals surface area contributed by atoms with Crippen molar-refractivity contribution in [1.29, 1.82) is 0 Å². The number of benzene rings is 3. The van der Waals surface area contributed by atoms with Crippen LogP contribution in [0.15, 0.2) is 76.7 Å². The maximum atomic E-state index is 13.6. The molecule has 1 fully saturated rings. The summed E-state index contributed by atoms with van der Waals surface area (Å²) >= 11 is 1.29. The van der Waals surface area contributed by atoms with Gasteiger partial charge in [-0.05, 0) is 66.6 Å². The number of morpholine rings is 1. The van der Waals surface area contributed by atoms with Crippen molar-refractivity contribution in [2.24, 2.45) is 5.10 Å². The van der Waals surface area contributed by atoms with Crippen LogP contribution in [0.4, 0.5) is 10.8 Å². The molecule has 39 heavy (non-hydrogen) atoms. The molecule has 4 aromatic rings. The minimum absolute atomic E-state index is 0.0613. The molecule has 0 aliphatic carbocycles. The summed E-state index contributed by atoms with van der Waals surface area (Å²) in [4.78, 5) is 28.7. The van der Waals surface area contributed by atoms with Gasteiger partial charge in [0.05, 0.1) is 39.5 Å². The van der Waals surface area contributed by atoms with Crippen molar-refractivity contribution in [2.75, 3.05) is 31.3 Å². The first-order valence-electron chi connectivity index (χ1n) is 11.9. The van der Waals surface area contributed by atoms with Crippen LogP contribution in [-0.2, 0) is 14.8 Å². The number of thiazole rings is 1. The molecular formula is C26H23N5O6S2. The van der Waals surface area contributed by atoms with Crippen LogP contribution in [0, 0.1) is 17.0 Å². The molecule has 0 spiro atoms. The zero-order chi connectivity index (χ0) is 27.6. The van der Waals surface area contributed by atoms with Crippen LogP contribution in [-0.4, -0.2) is 61.1 Å². The van der Waals surface area contributed by atoms with E-state index in [4.69, 9.17) is 4.74 Å². The van der Waals surface area contributed by atoms with E-state index in [2.05, 4.69) is 10.1 Å². The first-order valence-corrected chi connectivity index (χ1v) is 14.2. The predicted molar refractivity (Wildman–Crippen MR) is 148 cm³/mol. The molecule has 0 N–H and O–H groups in total. The number of nitrogens with zero attached hydrogens (tertiary/aromatic N) is 5. The number of carbonyl (C=O) groups is 1. The summed E-state index contributed by atoms with van der Waals surface area (Å²) in [5, 5.41) is 16.8. The molecule has 13 heteroatoms. The van der Waals surface area contributed by atoms with Gasteiger partial charge in [0.15, 0.2) is 0 Å². The van der Waals surface area contributed by atoms with Gasteiger partial charge in [-0.3, -0.25) is 14.9 Å². The second kappa shape index (κ2) is 11.0. The van der Waals surface area contributed by atoms with Crippen molar-refractivity contribution in [3.8, 4) is 0 Å². The van der Waals surface area contributed by atoms with E-state index in [1.54, 1.807) is 0 Å². The summed E-state index contributed by atoms with van der Waals surface area (Å²) in [6.45, 7) is 3.16. The Kier molecular flexibility index (Phi) is 7.48. The molecule has 5 rings (SSSR count). The highest BCUT2D eigenvalue weighted by Gasteiger charge is 2.27. The number of nitro benzene ring substituents is 1. The fourth-order valence-electron chi connectivity index (χ4n) is 3.93. The number of nitro groups is 1. The zero-order valence-corrected chi connectivity index (χ0v) is 22.4. The largest absolute Gasteiger partial charge is 0.379 e. The number of amides is 1. The van der Waals surface area contributed by atoms with E-state index in [0.29, 0.717) is 29.4 Å². The molecule has 0 saturated carbocycles. The van der Waals surface area contributed by atoms with E-state index in [0.717, 1.165) is 15.3 Å². The Balaban J connectivity index is 1.47. The second-order valence-corrected chi connectivity index (χ2v) is 11.7. The molecule has 3 aromatic carbocycles. The Morgan fingerprint density at radius 1 is 1.10 bits per heavy atom. The molecule has 2 heterocycles. The Labute approximate surface area is 228 Å². The molecule has 0 atom stereocenters. The average molecular weight is 566 g/mol. The third-order valence-corrected chi connectivity index (χ3v) is 8.95. The van der Waals surface area contributed by atoms with Crippen molar-refractivity contribution >= 4 is 54.5 Å². The molecule has 200 valence electrons. The molecule has 0 bridgehead atoms. The molecular weight excluding hydrogens is 542 g/mol. The lowest BCUT2D eigenvalue weighted by molar-refractivity contribution is -0.384. The number of ether oxygens (including phenoxy) is 1. The number of sulfonamides is 1. The molecule has 1 saturated heterocycles. The molecule has 0 unspecified atom stereocenters. The van der Waals surface area contributed by atoms with Crippen molar-refractivity contribution in [3.63, 3.8) is 0 Å². The van der Waals surface area contributed by atoms with Crippen LogP contribution < -0.4 is 5.01 Å². The van der Waals surface area contributed by atoms with E-state index in [-0.39, 0.29) is 29.2 Å². The number of rotatable bonds is 7. The molecule has 11 nitrogen and oxygen atoms in total. The lowest BCUT2D eigenvalue weighted by atomic mass is 10.2. The Morgan fingerprint density at radius 3 is 2.46 bits per heavy atom. The summed E-state index contributed by atoms with van der Waals surface area (Å²) < 4.78 is 33.4. The number of hydrogen-bond donors (Lipinski definition) is 0. The summed E-state index contributed by atoms with van der Waals surface area (Å²) in [6.07, 6.45) is 1.41. The van der Waals surface area contributed by atoms with Crippen molar-refractivity contribution in [2.45, 2.75) is 11.8 Å². The highest BCUT2D eigenvalue weighted by Crippen LogP contribution is 2.31. The number of aryl methyl sites for hydroxylation is 1. The molecule has 1 aliphatic rings. The monoisotopic (exact) mass is 565 g/mol. The molecule has 0 radical (unpaired) electrons. The van der Waals surface area contributed by atoms with Crippen LogP contribution in [0.2, 0.25) is 0 Å². The first kappa shape index (κ1) is 26.6. The third-order valence-electron chi connectivity index (χ3n) is 6.04. The topological polar surface area (TPSA) is 135 Å². The minimum atomic E-state index is -3.71. The van der Waals surface area contributed by atoms with Gasteiger partial charge in [-0.1, -0.05) is 17.4 Å². The Morgan fingerprint density at radius 2 is 1.79 bits per heavy atom. The Bertz CT molecular complexity index is 1660. The van der Waals surface area contributed by atoms with E-state index in [9.17, 15) is 23.3 Å². The van der Waals surface area contributed by atoms with Gasteiger partial charge in [0.2, 0.25) is 15.2 Å². The van der Waals surface area contributed by atoms with Gasteiger partial charge in [0.1, 0.15) is 0 Å². The highest BCUT2D eigenvalue weighted by molar-refractivity contribution is 7.89. The molecule has 1 aliphatic heterocycles. The van der Waals surface area contributed by atoms with Crippen molar-refractivity contribution in [1.82, 2.24) is 9.29 Å². The molecule has 1 aromatic heterocycles. The summed E-state index contributed by atoms with van der Waals surface area (Å²) in [5.74, 6) is -0.515. The van der Waals surface area contributed by atoms with E-state index < -0.39 is 20.9 Å². The fourth-order valence-corrected chi connectivity index (χ4v) is 6.36. The van der Waals surface area contributed by atoms with Crippen LogP contribution in [0.3, 0.4) is 0 Å². The maximum absolute atomic E-state index is 13.6. The molecule has 1 amide bonds. The zero-order valence-electron chi connectivity index (χ0n) is 20.8. The van der Waals surface area contributed by atoms with Gasteiger partial charge in [-0.2, -0.15) is 14.4 Å². The number of anilines is 1. The van der Waals surface area contributed by atoms with Gasteiger partial charge in [-0.25, -0.2) is 13.4 Å². The third kappa shape index (κ3) is 5.71. The lowest BCUT2D eigenvalue weighted by Crippen LogP contribution is -2.40. The number of aromatic nitrogens is 1. The summed E-state index contributed by atoms with van der Waals surface area (Å²) in [6, 6.07) is 17.2. The van der Waals surface area contributed by atoms with Gasteiger partial charge in [0, 0.05) is 30.8 Å². The van der Waals surface area contributed by atoms with Crippen LogP contribution in [0.1, 0.15) is 21.5 Å². The highest BCUT2D eigenvalue weighted by atomic mass is 32.2. The summed E-state index contributed by atoms with van der Waals surface area (Å²) in [5.41, 5.74) is 2.45. The van der Waals surface area contributed by atoms with Crippen LogP contribution in [0.5, 0.6) is 0 Å². The number of carbonyl (C=O) groups excluding carboxylic acids is 1. The normalized spacial score (nSPS) is 14.6. The smallest absolute Gasteiger partial charge is 0.280 e. The van der Waals surface area contributed by atoms with E-state index >= 15 is 0 Å². The number of hydrogen-bond acceptors (Lipinski definition) is 9. The van der Waals surface area contributed by atoms with Gasteiger partial charge in [0.25, 0.3) is 11.6 Å². The number of non-ortho nitro benzene ring substituents is 1. The van der Waals surface area contributed by atoms with Crippen LogP contribution >= 0.6 is 11.3 Å². The van der Waals surface area contributed by atoms with E-state index in [1.807, 2.05) is 25.1 Å². The SMILES string of the molecule is Cc1ccc2nc(N(/N=C/c3ccc([N+](=O)[O-])cc3)C(=O)c3ccc(S(=O)(=O)N4CCOCC4)cc3)sc2c1. The number of fused-ring (bicyclic) bond motifs is 1. The minimum Gasteiger partial charge on any atom is -0.379 e. The van der Waals surface area contributed by atoms with Gasteiger partial charge >= 0.3 is 0 Å². The quantitative estimate of drug-likeness (QED) is 0.186. The van der Waals surface area contributed by atoms with Gasteiger partial charge in [-0.15, -0.1) is 0 Å². The predicted octanol–water partition coefficient (Wildman–Crippen LogP) is 4.21.